The van der Waals surface area contributed by atoms with Crippen molar-refractivity contribution in [2.45, 2.75) is 6.54 Å². The number of aliphatic hydroxyl groups excluding tert-OH is 1. The van der Waals surface area contributed by atoms with Gasteiger partial charge in [-0.2, -0.15) is 17.0 Å². The van der Waals surface area contributed by atoms with Crippen molar-refractivity contribution in [2.24, 2.45) is 0 Å². The molecule has 6 heteroatoms. The van der Waals surface area contributed by atoms with Gasteiger partial charge >= 0.3 is 0 Å². The van der Waals surface area contributed by atoms with E-state index < -0.39 is 10.2 Å². The fraction of sp³-hybridized carbons (Fsp3) is 0.385. The monoisotopic (exact) mass is 284 g/mol. The van der Waals surface area contributed by atoms with E-state index in [2.05, 4.69) is 6.58 Å². The Labute approximate surface area is 115 Å². The Bertz CT molecular complexity index is 488. The molecular formula is C13H20N2O3S. The fourth-order valence-electron chi connectivity index (χ4n) is 1.68. The zero-order chi connectivity index (χ0) is 14.3. The van der Waals surface area contributed by atoms with E-state index in [1.807, 2.05) is 30.3 Å². The zero-order valence-corrected chi connectivity index (χ0v) is 11.9. The number of benzene rings is 1. The summed E-state index contributed by atoms with van der Waals surface area (Å²) in [7, 11) is -2.06. The third kappa shape index (κ3) is 4.43. The van der Waals surface area contributed by atoms with E-state index in [4.69, 9.17) is 5.11 Å². The van der Waals surface area contributed by atoms with Crippen LogP contribution in [0.2, 0.25) is 0 Å². The number of hydrogen-bond acceptors (Lipinski definition) is 3. The molecule has 0 aliphatic rings. The summed E-state index contributed by atoms with van der Waals surface area (Å²) >= 11 is 0. The molecular weight excluding hydrogens is 264 g/mol. The molecule has 0 saturated carbocycles. The summed E-state index contributed by atoms with van der Waals surface area (Å²) in [5, 5.41) is 8.94. The lowest BCUT2D eigenvalue weighted by molar-refractivity contribution is 0.253. The highest BCUT2D eigenvalue weighted by Gasteiger charge is 2.25. The minimum absolute atomic E-state index is 0.0630. The van der Waals surface area contributed by atoms with Crippen molar-refractivity contribution >= 4 is 10.2 Å². The molecule has 19 heavy (non-hydrogen) atoms. The molecule has 1 aromatic rings. The van der Waals surface area contributed by atoms with Gasteiger partial charge in [-0.1, -0.05) is 36.4 Å². The van der Waals surface area contributed by atoms with E-state index in [0.717, 1.165) is 5.56 Å². The largest absolute Gasteiger partial charge is 0.395 e. The van der Waals surface area contributed by atoms with Gasteiger partial charge in [0, 0.05) is 26.7 Å². The van der Waals surface area contributed by atoms with Crippen LogP contribution in [0, 0.1) is 0 Å². The van der Waals surface area contributed by atoms with Crippen molar-refractivity contribution in [3.63, 3.8) is 0 Å². The van der Waals surface area contributed by atoms with Crippen LogP contribution in [0.1, 0.15) is 5.56 Å². The van der Waals surface area contributed by atoms with Gasteiger partial charge < -0.3 is 5.11 Å². The molecule has 0 radical (unpaired) electrons. The second-order valence-corrected chi connectivity index (χ2v) is 6.16. The predicted molar refractivity (Wildman–Crippen MR) is 75.7 cm³/mol. The molecule has 0 atom stereocenters. The fourth-order valence-corrected chi connectivity index (χ4v) is 2.99. The van der Waals surface area contributed by atoms with E-state index in [1.54, 1.807) is 0 Å². The summed E-state index contributed by atoms with van der Waals surface area (Å²) in [6.45, 7) is 3.86. The molecule has 0 amide bonds. The Balaban J connectivity index is 2.82. The SMILES string of the molecule is C=CCN(CCO)S(=O)(=O)N(C)Cc1ccccc1. The Hall–Kier alpha value is -1.21. The first-order valence-corrected chi connectivity index (χ1v) is 7.39. The zero-order valence-electron chi connectivity index (χ0n) is 11.1. The highest BCUT2D eigenvalue weighted by atomic mass is 32.2. The second kappa shape index (κ2) is 7.40. The molecule has 1 rings (SSSR count). The van der Waals surface area contributed by atoms with Crippen LogP contribution in [0.15, 0.2) is 43.0 Å². The molecule has 0 fully saturated rings. The molecule has 0 aliphatic heterocycles. The molecule has 5 nitrogen and oxygen atoms in total. The third-order valence-electron chi connectivity index (χ3n) is 2.65. The molecule has 106 valence electrons. The van der Waals surface area contributed by atoms with Crippen LogP contribution in [0.25, 0.3) is 0 Å². The average Bonchev–Trinajstić information content (AvgIpc) is 2.39. The normalized spacial score (nSPS) is 12.0. The number of rotatable bonds is 8. The number of aliphatic hydroxyl groups is 1. The van der Waals surface area contributed by atoms with E-state index in [0.29, 0.717) is 6.54 Å². The van der Waals surface area contributed by atoms with Crippen LogP contribution in [-0.4, -0.2) is 48.9 Å². The topological polar surface area (TPSA) is 60.9 Å². The average molecular weight is 284 g/mol. The summed E-state index contributed by atoms with van der Waals surface area (Å²) in [6, 6.07) is 9.36. The lowest BCUT2D eigenvalue weighted by atomic mass is 10.2. The van der Waals surface area contributed by atoms with Gasteiger partial charge in [-0.25, -0.2) is 0 Å². The molecule has 0 unspecified atom stereocenters. The van der Waals surface area contributed by atoms with E-state index >= 15 is 0 Å². The molecule has 0 heterocycles. The minimum atomic E-state index is -3.59. The Kier molecular flexibility index (Phi) is 6.17. The van der Waals surface area contributed by atoms with Crippen molar-refractivity contribution in [1.29, 1.82) is 0 Å². The standard InChI is InChI=1S/C13H20N2O3S/c1-3-9-15(10-11-16)19(17,18)14(2)12-13-7-5-4-6-8-13/h3-8,16H,1,9-12H2,2H3. The first-order chi connectivity index (χ1) is 9.02. The first kappa shape index (κ1) is 15.8. The van der Waals surface area contributed by atoms with Crippen molar-refractivity contribution in [3.8, 4) is 0 Å². The molecule has 0 saturated heterocycles. The maximum atomic E-state index is 12.3. The van der Waals surface area contributed by atoms with Gasteiger partial charge in [-0.3, -0.25) is 0 Å². The highest BCUT2D eigenvalue weighted by Crippen LogP contribution is 2.11. The summed E-state index contributed by atoms with van der Waals surface area (Å²) in [4.78, 5) is 0. The van der Waals surface area contributed by atoms with Crippen molar-refractivity contribution in [3.05, 3.63) is 48.6 Å². The van der Waals surface area contributed by atoms with Gasteiger partial charge in [0.1, 0.15) is 0 Å². The second-order valence-electron chi connectivity index (χ2n) is 4.12. The van der Waals surface area contributed by atoms with Crippen LogP contribution in [0.4, 0.5) is 0 Å². The molecule has 1 aromatic carbocycles. The lowest BCUT2D eigenvalue weighted by Gasteiger charge is -2.26. The maximum absolute atomic E-state index is 12.3. The molecule has 0 bridgehead atoms. The number of hydrogen-bond donors (Lipinski definition) is 1. The summed E-state index contributed by atoms with van der Waals surface area (Å²) < 4.78 is 27.1. The Morgan fingerprint density at radius 1 is 1.32 bits per heavy atom. The van der Waals surface area contributed by atoms with Crippen molar-refractivity contribution in [1.82, 2.24) is 8.61 Å². The Morgan fingerprint density at radius 3 is 2.47 bits per heavy atom. The van der Waals surface area contributed by atoms with Gasteiger partial charge in [-0.15, -0.1) is 6.58 Å². The van der Waals surface area contributed by atoms with E-state index in [9.17, 15) is 8.42 Å². The van der Waals surface area contributed by atoms with Crippen molar-refractivity contribution < 1.29 is 13.5 Å². The van der Waals surface area contributed by atoms with Gasteiger partial charge in [0.25, 0.3) is 10.2 Å². The van der Waals surface area contributed by atoms with Crippen LogP contribution in [0.3, 0.4) is 0 Å². The third-order valence-corrected chi connectivity index (χ3v) is 4.55. The van der Waals surface area contributed by atoms with Crippen LogP contribution < -0.4 is 0 Å². The van der Waals surface area contributed by atoms with Crippen molar-refractivity contribution in [2.75, 3.05) is 26.7 Å². The van der Waals surface area contributed by atoms with Crippen LogP contribution >= 0.6 is 0 Å². The van der Waals surface area contributed by atoms with Gasteiger partial charge in [0.15, 0.2) is 0 Å². The van der Waals surface area contributed by atoms with Gasteiger partial charge in [-0.05, 0) is 5.56 Å². The smallest absolute Gasteiger partial charge is 0.282 e. The molecule has 0 spiro atoms. The lowest BCUT2D eigenvalue weighted by Crippen LogP contribution is -2.42. The molecule has 0 aliphatic carbocycles. The van der Waals surface area contributed by atoms with Gasteiger partial charge in [0.05, 0.1) is 6.61 Å². The number of nitrogens with zero attached hydrogens (tertiary/aromatic N) is 2. The summed E-state index contributed by atoms with van der Waals surface area (Å²) in [5.41, 5.74) is 0.913. The highest BCUT2D eigenvalue weighted by molar-refractivity contribution is 7.86. The van der Waals surface area contributed by atoms with Gasteiger partial charge in [0.2, 0.25) is 0 Å². The molecule has 1 N–H and O–H groups in total. The Morgan fingerprint density at radius 2 is 1.95 bits per heavy atom. The predicted octanol–water partition coefficient (Wildman–Crippen LogP) is 0.843. The van der Waals surface area contributed by atoms with E-state index in [1.165, 1.54) is 21.7 Å². The summed E-state index contributed by atoms with van der Waals surface area (Å²) in [6.07, 6.45) is 1.50. The van der Waals surface area contributed by atoms with Crippen LogP contribution in [0.5, 0.6) is 0 Å². The molecule has 0 aromatic heterocycles. The van der Waals surface area contributed by atoms with Crippen LogP contribution in [-0.2, 0) is 16.8 Å². The quantitative estimate of drug-likeness (QED) is 0.720. The van der Waals surface area contributed by atoms with E-state index in [-0.39, 0.29) is 19.7 Å². The maximum Gasteiger partial charge on any atom is 0.282 e. The first-order valence-electron chi connectivity index (χ1n) is 5.99. The summed E-state index contributed by atoms with van der Waals surface area (Å²) in [5.74, 6) is 0. The minimum Gasteiger partial charge on any atom is -0.395 e.